The molecule has 0 aromatic heterocycles. The van der Waals surface area contributed by atoms with Gasteiger partial charge in [-0.3, -0.25) is 0 Å². The van der Waals surface area contributed by atoms with Crippen molar-refractivity contribution in [2.24, 2.45) is 0 Å². The Morgan fingerprint density at radius 3 is 1.69 bits per heavy atom. The Labute approximate surface area is 109 Å². The Morgan fingerprint density at radius 1 is 1.08 bits per heavy atom. The average molecular weight is 259 g/mol. The molecule has 0 fully saturated rings. The van der Waals surface area contributed by atoms with Gasteiger partial charge >= 0.3 is 0 Å². The molecule has 0 aromatic carbocycles. The summed E-state index contributed by atoms with van der Waals surface area (Å²) >= 11 is 0. The molecule has 0 atom stereocenters. The third kappa shape index (κ3) is 47.3. The third-order valence-electron chi connectivity index (χ3n) is 0.585. The van der Waals surface area contributed by atoms with Crippen LogP contribution in [0.2, 0.25) is 0 Å². The number of rotatable bonds is 2. The minimum Gasteiger partial charge on any atom is -0.513 e. The minimum atomic E-state index is 0. The molecule has 2 heteroatoms. The van der Waals surface area contributed by atoms with Gasteiger partial charge in [0.25, 0.3) is 0 Å². The van der Waals surface area contributed by atoms with Gasteiger partial charge in [-0.05, 0) is 13.0 Å². The molecular formula is C11H22OY. The smallest absolute Gasteiger partial charge is 0.0891 e. The van der Waals surface area contributed by atoms with Crippen molar-refractivity contribution >= 4 is 0 Å². The fraction of sp³-hybridized carbons (Fsp3) is 0.455. The molecule has 1 N–H and O–H groups in total. The maximum Gasteiger partial charge on any atom is 0.0891 e. The first kappa shape index (κ1) is 23.2. The van der Waals surface area contributed by atoms with Crippen molar-refractivity contribution in [3.05, 3.63) is 36.6 Å². The summed E-state index contributed by atoms with van der Waals surface area (Å²) in [4.78, 5) is 0. The predicted octanol–water partition coefficient (Wildman–Crippen LogP) is 4.24. The Hall–Kier alpha value is 0.124. The van der Waals surface area contributed by atoms with Gasteiger partial charge < -0.3 is 5.11 Å². The molecule has 0 aromatic rings. The summed E-state index contributed by atoms with van der Waals surface area (Å²) in [5, 5.41) is 8.55. The fourth-order valence-corrected chi connectivity index (χ4v) is 0.273. The van der Waals surface area contributed by atoms with Crippen LogP contribution in [-0.4, -0.2) is 5.11 Å². The summed E-state index contributed by atoms with van der Waals surface area (Å²) < 4.78 is 0. The summed E-state index contributed by atoms with van der Waals surface area (Å²) in [7, 11) is 0. The molecule has 0 spiro atoms. The van der Waals surface area contributed by atoms with E-state index in [1.165, 1.54) is 0 Å². The number of allylic oxidation sites excluding steroid dienone is 5. The summed E-state index contributed by atoms with van der Waals surface area (Å²) in [6, 6.07) is 0. The zero-order valence-electron chi connectivity index (χ0n) is 9.54. The first-order valence-electron chi connectivity index (χ1n) is 4.42. The molecule has 0 saturated carbocycles. The topological polar surface area (TPSA) is 20.2 Å². The Balaban J connectivity index is -0.0000000712. The number of hydrogen-bond donors (Lipinski definition) is 1. The van der Waals surface area contributed by atoms with Crippen LogP contribution >= 0.6 is 0 Å². The molecule has 0 amide bonds. The molecule has 13 heavy (non-hydrogen) atoms. The quantitative estimate of drug-likeness (QED) is 0.581. The average Bonchev–Trinajstić information content (AvgIpc) is 2.12. The van der Waals surface area contributed by atoms with E-state index in [9.17, 15) is 0 Å². The van der Waals surface area contributed by atoms with Gasteiger partial charge in [0.05, 0.1) is 5.76 Å². The normalized spacial score (nSPS) is 8.54. The van der Waals surface area contributed by atoms with Crippen molar-refractivity contribution in [1.29, 1.82) is 0 Å². The Bertz CT molecular complexity index is 122. The van der Waals surface area contributed by atoms with Crippen molar-refractivity contribution in [3.63, 3.8) is 0 Å². The van der Waals surface area contributed by atoms with E-state index >= 15 is 0 Å². The molecule has 0 aliphatic rings. The standard InChI is InChI=1S/C7H10O.2C2H6.Y/c1-3-4-5-6-7(2)8;2*1-2;/h3-6,8H,1H2,2H3;2*1-2H3;/b5-4-,7-6+;;;. The summed E-state index contributed by atoms with van der Waals surface area (Å²) in [5.41, 5.74) is 0. The van der Waals surface area contributed by atoms with E-state index in [4.69, 9.17) is 5.11 Å². The van der Waals surface area contributed by atoms with Crippen LogP contribution in [0.15, 0.2) is 36.6 Å². The number of hydrogen-bond acceptors (Lipinski definition) is 1. The predicted molar refractivity (Wildman–Crippen MR) is 58.4 cm³/mol. The maximum atomic E-state index is 8.55. The van der Waals surface area contributed by atoms with Crippen LogP contribution in [0.5, 0.6) is 0 Å². The molecule has 0 aliphatic heterocycles. The summed E-state index contributed by atoms with van der Waals surface area (Å²) in [5.74, 6) is 0.308. The zero-order valence-corrected chi connectivity index (χ0v) is 12.4. The van der Waals surface area contributed by atoms with Crippen molar-refractivity contribution in [1.82, 2.24) is 0 Å². The number of aliphatic hydroxyl groups excluding tert-OH is 1. The molecular weight excluding hydrogens is 237 g/mol. The van der Waals surface area contributed by atoms with Gasteiger partial charge in [-0.25, -0.2) is 0 Å². The molecule has 0 unspecified atom stereocenters. The molecule has 0 rings (SSSR count). The van der Waals surface area contributed by atoms with Gasteiger partial charge in [-0.1, -0.05) is 52.5 Å². The Morgan fingerprint density at radius 2 is 1.46 bits per heavy atom. The van der Waals surface area contributed by atoms with Crippen LogP contribution in [0.3, 0.4) is 0 Å². The monoisotopic (exact) mass is 259 g/mol. The van der Waals surface area contributed by atoms with Gasteiger partial charge in [0.2, 0.25) is 0 Å². The fourth-order valence-electron chi connectivity index (χ4n) is 0.273. The van der Waals surface area contributed by atoms with Crippen LogP contribution in [0.4, 0.5) is 0 Å². The van der Waals surface area contributed by atoms with E-state index in [1.54, 1.807) is 31.2 Å². The molecule has 0 heterocycles. The molecule has 0 aliphatic carbocycles. The molecule has 1 radical (unpaired) electrons. The molecule has 0 saturated heterocycles. The first-order chi connectivity index (χ1) is 5.77. The largest absolute Gasteiger partial charge is 0.513 e. The van der Waals surface area contributed by atoms with Crippen molar-refractivity contribution in [2.75, 3.05) is 0 Å². The maximum absolute atomic E-state index is 8.55. The third-order valence-corrected chi connectivity index (χ3v) is 0.585. The van der Waals surface area contributed by atoms with Gasteiger partial charge in [0.15, 0.2) is 0 Å². The summed E-state index contributed by atoms with van der Waals surface area (Å²) in [6.45, 7) is 13.1. The van der Waals surface area contributed by atoms with Crippen LogP contribution in [0.1, 0.15) is 34.6 Å². The second-order valence-electron chi connectivity index (χ2n) is 1.43. The summed E-state index contributed by atoms with van der Waals surface area (Å²) in [6.07, 6.45) is 6.73. The van der Waals surface area contributed by atoms with Crippen molar-refractivity contribution in [2.45, 2.75) is 34.6 Å². The first-order valence-corrected chi connectivity index (χ1v) is 4.42. The van der Waals surface area contributed by atoms with Crippen molar-refractivity contribution in [3.8, 4) is 0 Å². The van der Waals surface area contributed by atoms with Crippen LogP contribution in [-0.2, 0) is 32.7 Å². The van der Waals surface area contributed by atoms with E-state index < -0.39 is 0 Å². The van der Waals surface area contributed by atoms with Crippen LogP contribution in [0.25, 0.3) is 0 Å². The van der Waals surface area contributed by atoms with Crippen LogP contribution < -0.4 is 0 Å². The van der Waals surface area contributed by atoms with Crippen LogP contribution in [0, 0.1) is 0 Å². The van der Waals surface area contributed by atoms with Gasteiger partial charge in [-0.2, -0.15) is 0 Å². The van der Waals surface area contributed by atoms with E-state index in [0.29, 0.717) is 5.76 Å². The van der Waals surface area contributed by atoms with Gasteiger partial charge in [-0.15, -0.1) is 0 Å². The number of aliphatic hydroxyl groups is 1. The molecule has 1 nitrogen and oxygen atoms in total. The molecule has 0 bridgehead atoms. The molecule has 75 valence electrons. The zero-order chi connectivity index (χ0) is 10.4. The van der Waals surface area contributed by atoms with E-state index in [2.05, 4.69) is 6.58 Å². The minimum absolute atomic E-state index is 0. The van der Waals surface area contributed by atoms with E-state index in [1.807, 2.05) is 27.7 Å². The van der Waals surface area contributed by atoms with E-state index in [0.717, 1.165) is 0 Å². The second-order valence-corrected chi connectivity index (χ2v) is 1.43. The van der Waals surface area contributed by atoms with Gasteiger partial charge in [0, 0.05) is 32.7 Å². The SMILES string of the molecule is C=C/C=C\C=C(/C)O.CC.CC.[Y]. The second kappa shape index (κ2) is 29.6. The van der Waals surface area contributed by atoms with Crippen molar-refractivity contribution < 1.29 is 37.8 Å². The Kier molecular flexibility index (Phi) is 52.7. The van der Waals surface area contributed by atoms with Gasteiger partial charge in [0.1, 0.15) is 0 Å². The van der Waals surface area contributed by atoms with E-state index in [-0.39, 0.29) is 32.7 Å².